The molecule has 2 aromatic rings. The highest BCUT2D eigenvalue weighted by Gasteiger charge is 2.32. The number of benzene rings is 2. The van der Waals surface area contributed by atoms with Crippen molar-refractivity contribution in [1.29, 1.82) is 0 Å². The third kappa shape index (κ3) is 2.70. The zero-order chi connectivity index (χ0) is 16.4. The van der Waals surface area contributed by atoms with Gasteiger partial charge in [-0.1, -0.05) is 25.1 Å². The number of carbonyl (C=O) groups is 1. The molecule has 1 aliphatic heterocycles. The van der Waals surface area contributed by atoms with Crippen molar-refractivity contribution in [2.45, 2.75) is 19.5 Å². The maximum atomic E-state index is 12.8. The van der Waals surface area contributed by atoms with Gasteiger partial charge in [0.1, 0.15) is 6.17 Å². The van der Waals surface area contributed by atoms with Crippen LogP contribution in [0.3, 0.4) is 0 Å². The zero-order valence-corrected chi connectivity index (χ0v) is 13.2. The second kappa shape index (κ2) is 6.20. The predicted molar refractivity (Wildman–Crippen MR) is 88.8 cm³/mol. The maximum absolute atomic E-state index is 12.8. The van der Waals surface area contributed by atoms with Gasteiger partial charge in [0, 0.05) is 12.2 Å². The van der Waals surface area contributed by atoms with Gasteiger partial charge in [0.2, 0.25) is 0 Å². The minimum absolute atomic E-state index is 0.0123. The SMILES string of the molecule is CCCN1C(=O)c2ccccc2N[C@H]1c1ccc(O)c(OC)c1. The normalized spacial score (nSPS) is 16.7. The standard InChI is InChI=1S/C18H20N2O3/c1-3-10-20-17(12-8-9-15(21)16(11-12)23-2)19-14-7-5-4-6-13(14)18(20)22/h4-9,11,17,19,21H,3,10H2,1-2H3/t17-/m1/s1. The van der Waals surface area contributed by atoms with Crippen LogP contribution in [0, 0.1) is 0 Å². The van der Waals surface area contributed by atoms with Crippen molar-refractivity contribution < 1.29 is 14.6 Å². The van der Waals surface area contributed by atoms with E-state index in [0.717, 1.165) is 17.7 Å². The number of anilines is 1. The van der Waals surface area contributed by atoms with E-state index in [4.69, 9.17) is 4.74 Å². The van der Waals surface area contributed by atoms with Gasteiger partial charge in [-0.15, -0.1) is 0 Å². The average Bonchev–Trinajstić information content (AvgIpc) is 2.58. The Balaban J connectivity index is 2.04. The largest absolute Gasteiger partial charge is 0.504 e. The summed E-state index contributed by atoms with van der Waals surface area (Å²) in [4.78, 5) is 14.6. The van der Waals surface area contributed by atoms with Crippen molar-refractivity contribution in [3.8, 4) is 11.5 Å². The number of hydrogen-bond acceptors (Lipinski definition) is 4. The molecular weight excluding hydrogens is 292 g/mol. The van der Waals surface area contributed by atoms with Crippen LogP contribution < -0.4 is 10.1 Å². The fraction of sp³-hybridized carbons (Fsp3) is 0.278. The summed E-state index contributed by atoms with van der Waals surface area (Å²) in [6.45, 7) is 2.69. The van der Waals surface area contributed by atoms with Crippen molar-refractivity contribution in [1.82, 2.24) is 4.90 Å². The Morgan fingerprint density at radius 2 is 2.04 bits per heavy atom. The van der Waals surface area contributed by atoms with Crippen LogP contribution in [-0.4, -0.2) is 29.6 Å². The van der Waals surface area contributed by atoms with E-state index in [0.29, 0.717) is 17.9 Å². The highest BCUT2D eigenvalue weighted by Crippen LogP contribution is 2.36. The molecule has 1 heterocycles. The molecule has 2 aromatic carbocycles. The van der Waals surface area contributed by atoms with E-state index in [1.807, 2.05) is 36.1 Å². The van der Waals surface area contributed by atoms with E-state index in [1.165, 1.54) is 7.11 Å². The molecule has 3 rings (SSSR count). The van der Waals surface area contributed by atoms with Crippen LogP contribution in [0.4, 0.5) is 5.69 Å². The van der Waals surface area contributed by atoms with Crippen LogP contribution in [-0.2, 0) is 0 Å². The topological polar surface area (TPSA) is 61.8 Å². The number of ether oxygens (including phenoxy) is 1. The summed E-state index contributed by atoms with van der Waals surface area (Å²) in [6.07, 6.45) is 0.577. The van der Waals surface area contributed by atoms with Gasteiger partial charge < -0.3 is 20.1 Å². The fourth-order valence-corrected chi connectivity index (χ4v) is 2.89. The Labute approximate surface area is 135 Å². The monoisotopic (exact) mass is 312 g/mol. The lowest BCUT2D eigenvalue weighted by molar-refractivity contribution is 0.0683. The Hall–Kier alpha value is -2.69. The lowest BCUT2D eigenvalue weighted by atomic mass is 10.0. The predicted octanol–water partition coefficient (Wildman–Crippen LogP) is 3.38. The molecule has 0 aromatic heterocycles. The first-order valence-electron chi connectivity index (χ1n) is 7.69. The van der Waals surface area contributed by atoms with Crippen LogP contribution in [0.25, 0.3) is 0 Å². The molecule has 1 atom stereocenters. The number of aromatic hydroxyl groups is 1. The van der Waals surface area contributed by atoms with Gasteiger partial charge >= 0.3 is 0 Å². The quantitative estimate of drug-likeness (QED) is 0.908. The first-order chi connectivity index (χ1) is 11.2. The first kappa shape index (κ1) is 15.2. The summed E-state index contributed by atoms with van der Waals surface area (Å²) < 4.78 is 5.19. The molecule has 5 nitrogen and oxygen atoms in total. The number of methoxy groups -OCH3 is 1. The van der Waals surface area contributed by atoms with Crippen LogP contribution >= 0.6 is 0 Å². The van der Waals surface area contributed by atoms with Crippen LogP contribution in [0.5, 0.6) is 11.5 Å². The van der Waals surface area contributed by atoms with E-state index in [1.54, 1.807) is 18.2 Å². The number of amides is 1. The van der Waals surface area contributed by atoms with E-state index in [-0.39, 0.29) is 17.8 Å². The lowest BCUT2D eigenvalue weighted by Gasteiger charge is -2.38. The molecule has 0 unspecified atom stereocenters. The fourth-order valence-electron chi connectivity index (χ4n) is 2.89. The molecule has 120 valence electrons. The van der Waals surface area contributed by atoms with Crippen molar-refractivity contribution in [2.75, 3.05) is 19.0 Å². The first-order valence-corrected chi connectivity index (χ1v) is 7.69. The number of fused-ring (bicyclic) bond motifs is 1. The smallest absolute Gasteiger partial charge is 0.257 e. The van der Waals surface area contributed by atoms with E-state index in [2.05, 4.69) is 5.32 Å². The van der Waals surface area contributed by atoms with Crippen molar-refractivity contribution >= 4 is 11.6 Å². The molecule has 0 saturated heterocycles. The number of nitrogens with zero attached hydrogens (tertiary/aromatic N) is 1. The van der Waals surface area contributed by atoms with Gasteiger partial charge in [0.05, 0.1) is 12.7 Å². The Kier molecular flexibility index (Phi) is 4.10. The van der Waals surface area contributed by atoms with Gasteiger partial charge in [0.15, 0.2) is 11.5 Å². The highest BCUT2D eigenvalue weighted by molar-refractivity contribution is 6.01. The molecule has 5 heteroatoms. The Morgan fingerprint density at radius 3 is 2.78 bits per heavy atom. The summed E-state index contributed by atoms with van der Waals surface area (Å²) in [7, 11) is 1.51. The molecule has 0 radical (unpaired) electrons. The molecule has 0 bridgehead atoms. The van der Waals surface area contributed by atoms with Gasteiger partial charge in [-0.05, 0) is 36.2 Å². The van der Waals surface area contributed by atoms with Gasteiger partial charge in [-0.3, -0.25) is 4.79 Å². The van der Waals surface area contributed by atoms with Crippen LogP contribution in [0.1, 0.15) is 35.4 Å². The second-order valence-corrected chi connectivity index (χ2v) is 5.52. The van der Waals surface area contributed by atoms with Gasteiger partial charge in [0.25, 0.3) is 5.91 Å². The number of phenols is 1. The average molecular weight is 312 g/mol. The second-order valence-electron chi connectivity index (χ2n) is 5.52. The third-order valence-corrected chi connectivity index (χ3v) is 4.01. The van der Waals surface area contributed by atoms with E-state index in [9.17, 15) is 9.90 Å². The summed E-state index contributed by atoms with van der Waals surface area (Å²) in [5.41, 5.74) is 2.38. The number of nitrogens with one attached hydrogen (secondary N) is 1. The van der Waals surface area contributed by atoms with Gasteiger partial charge in [-0.25, -0.2) is 0 Å². The minimum Gasteiger partial charge on any atom is -0.504 e. The molecule has 0 spiro atoms. The number of hydrogen-bond donors (Lipinski definition) is 2. The van der Waals surface area contributed by atoms with Crippen molar-refractivity contribution in [3.63, 3.8) is 0 Å². The number of carbonyl (C=O) groups excluding carboxylic acids is 1. The Morgan fingerprint density at radius 1 is 1.26 bits per heavy atom. The number of para-hydroxylation sites is 1. The highest BCUT2D eigenvalue weighted by atomic mass is 16.5. The molecule has 0 fully saturated rings. The summed E-state index contributed by atoms with van der Waals surface area (Å²) in [6, 6.07) is 12.7. The molecule has 0 saturated carbocycles. The molecule has 2 N–H and O–H groups in total. The maximum Gasteiger partial charge on any atom is 0.257 e. The lowest BCUT2D eigenvalue weighted by Crippen LogP contribution is -2.43. The molecule has 1 amide bonds. The van der Waals surface area contributed by atoms with E-state index < -0.39 is 0 Å². The number of rotatable bonds is 4. The van der Waals surface area contributed by atoms with Crippen LogP contribution in [0.2, 0.25) is 0 Å². The van der Waals surface area contributed by atoms with Crippen molar-refractivity contribution in [2.24, 2.45) is 0 Å². The van der Waals surface area contributed by atoms with Crippen LogP contribution in [0.15, 0.2) is 42.5 Å². The molecule has 0 aliphatic carbocycles. The van der Waals surface area contributed by atoms with E-state index >= 15 is 0 Å². The zero-order valence-electron chi connectivity index (χ0n) is 13.2. The van der Waals surface area contributed by atoms with Gasteiger partial charge in [-0.2, -0.15) is 0 Å². The Bertz CT molecular complexity index is 730. The summed E-state index contributed by atoms with van der Waals surface area (Å²) in [5.74, 6) is 0.492. The molecule has 1 aliphatic rings. The molecule has 23 heavy (non-hydrogen) atoms. The van der Waals surface area contributed by atoms with Crippen molar-refractivity contribution in [3.05, 3.63) is 53.6 Å². The summed E-state index contributed by atoms with van der Waals surface area (Å²) in [5, 5.41) is 13.2. The number of phenolic OH excluding ortho intramolecular Hbond substituents is 1. The summed E-state index contributed by atoms with van der Waals surface area (Å²) >= 11 is 0. The third-order valence-electron chi connectivity index (χ3n) is 4.01. The minimum atomic E-state index is -0.285. The molecular formula is C18H20N2O3.